The van der Waals surface area contributed by atoms with E-state index >= 15 is 0 Å². The minimum Gasteiger partial charge on any atom is -0.480 e. The first-order chi connectivity index (χ1) is 10.3. The molecule has 0 aromatic carbocycles. The highest BCUT2D eigenvalue weighted by atomic mass is 16.4. The zero-order valence-corrected chi connectivity index (χ0v) is 13.8. The molecule has 1 atom stereocenters. The molecular weight excluding hydrogens is 284 g/mol. The molecule has 0 radical (unpaired) electrons. The van der Waals surface area contributed by atoms with Gasteiger partial charge in [0.05, 0.1) is 6.54 Å². The second kappa shape index (κ2) is 8.15. The molecule has 0 unspecified atom stereocenters. The van der Waals surface area contributed by atoms with Crippen molar-refractivity contribution in [1.82, 2.24) is 10.6 Å². The number of aliphatic carboxylic acids is 1. The quantitative estimate of drug-likeness (QED) is 0.635. The van der Waals surface area contributed by atoms with E-state index in [4.69, 9.17) is 5.11 Å². The fourth-order valence-corrected chi connectivity index (χ4v) is 3.08. The van der Waals surface area contributed by atoms with E-state index < -0.39 is 17.9 Å². The SMILES string of the molecule is CCC1(C(=O)NCC(=O)N[C@@H](CC(C)C)C(=O)O)CCCC1. The molecule has 0 aliphatic heterocycles. The summed E-state index contributed by atoms with van der Waals surface area (Å²) in [7, 11) is 0. The number of carbonyl (C=O) groups is 3. The molecule has 1 aliphatic carbocycles. The number of carbonyl (C=O) groups excluding carboxylic acids is 2. The molecule has 1 aliphatic rings. The van der Waals surface area contributed by atoms with Crippen molar-refractivity contribution in [3.8, 4) is 0 Å². The van der Waals surface area contributed by atoms with Crippen molar-refractivity contribution in [2.45, 2.75) is 65.3 Å². The number of hydrogen-bond acceptors (Lipinski definition) is 3. The van der Waals surface area contributed by atoms with E-state index in [-0.39, 0.29) is 23.8 Å². The van der Waals surface area contributed by atoms with Gasteiger partial charge in [-0.3, -0.25) is 9.59 Å². The summed E-state index contributed by atoms with van der Waals surface area (Å²) in [5, 5.41) is 14.2. The number of rotatable bonds is 8. The van der Waals surface area contributed by atoms with Crippen molar-refractivity contribution in [1.29, 1.82) is 0 Å². The lowest BCUT2D eigenvalue weighted by Gasteiger charge is -2.26. The summed E-state index contributed by atoms with van der Waals surface area (Å²) < 4.78 is 0. The molecule has 0 bridgehead atoms. The summed E-state index contributed by atoms with van der Waals surface area (Å²) in [5.41, 5.74) is -0.343. The van der Waals surface area contributed by atoms with Gasteiger partial charge in [0, 0.05) is 5.41 Å². The van der Waals surface area contributed by atoms with Crippen molar-refractivity contribution in [2.24, 2.45) is 11.3 Å². The predicted octanol–water partition coefficient (Wildman–Crippen LogP) is 1.69. The molecule has 0 saturated heterocycles. The fourth-order valence-electron chi connectivity index (χ4n) is 3.08. The molecule has 3 N–H and O–H groups in total. The van der Waals surface area contributed by atoms with Gasteiger partial charge in [-0.15, -0.1) is 0 Å². The Balaban J connectivity index is 2.47. The van der Waals surface area contributed by atoms with E-state index in [1.807, 2.05) is 20.8 Å². The third-order valence-corrected chi connectivity index (χ3v) is 4.47. The molecule has 22 heavy (non-hydrogen) atoms. The van der Waals surface area contributed by atoms with Crippen LogP contribution in [-0.4, -0.2) is 35.5 Å². The number of nitrogens with one attached hydrogen (secondary N) is 2. The second-order valence-electron chi connectivity index (χ2n) is 6.61. The first-order valence-electron chi connectivity index (χ1n) is 8.11. The second-order valence-corrected chi connectivity index (χ2v) is 6.61. The van der Waals surface area contributed by atoms with Gasteiger partial charge >= 0.3 is 5.97 Å². The van der Waals surface area contributed by atoms with Gasteiger partial charge in [-0.2, -0.15) is 0 Å². The summed E-state index contributed by atoms with van der Waals surface area (Å²) in [6.45, 7) is 5.63. The predicted molar refractivity (Wildman–Crippen MR) is 83.2 cm³/mol. The molecule has 0 aromatic rings. The summed E-state index contributed by atoms with van der Waals surface area (Å²) in [6, 6.07) is -0.906. The normalized spacial score (nSPS) is 18.0. The molecule has 2 amide bonds. The van der Waals surface area contributed by atoms with Gasteiger partial charge < -0.3 is 15.7 Å². The third kappa shape index (κ3) is 5.00. The monoisotopic (exact) mass is 312 g/mol. The summed E-state index contributed by atoms with van der Waals surface area (Å²) in [6.07, 6.45) is 4.95. The van der Waals surface area contributed by atoms with Crippen LogP contribution in [0.25, 0.3) is 0 Å². The van der Waals surface area contributed by atoms with Crippen LogP contribution in [0.2, 0.25) is 0 Å². The average Bonchev–Trinajstić information content (AvgIpc) is 2.93. The van der Waals surface area contributed by atoms with Gasteiger partial charge in [0.25, 0.3) is 0 Å². The first-order valence-corrected chi connectivity index (χ1v) is 8.11. The highest BCUT2D eigenvalue weighted by Gasteiger charge is 2.39. The van der Waals surface area contributed by atoms with Crippen LogP contribution in [0.1, 0.15) is 59.3 Å². The van der Waals surface area contributed by atoms with E-state index in [1.165, 1.54) is 0 Å². The minimum absolute atomic E-state index is 0.0848. The van der Waals surface area contributed by atoms with Gasteiger partial charge in [0.1, 0.15) is 6.04 Å². The van der Waals surface area contributed by atoms with Crippen molar-refractivity contribution >= 4 is 17.8 Å². The van der Waals surface area contributed by atoms with Crippen LogP contribution in [0.5, 0.6) is 0 Å². The molecular formula is C16H28N2O4. The maximum Gasteiger partial charge on any atom is 0.326 e. The van der Waals surface area contributed by atoms with Crippen LogP contribution in [0.3, 0.4) is 0 Å². The summed E-state index contributed by atoms with van der Waals surface area (Å²) in [5.74, 6) is -1.42. The Kier molecular flexibility index (Phi) is 6.84. The molecule has 0 aromatic heterocycles. The van der Waals surface area contributed by atoms with Crippen molar-refractivity contribution in [3.05, 3.63) is 0 Å². The fraction of sp³-hybridized carbons (Fsp3) is 0.812. The lowest BCUT2D eigenvalue weighted by atomic mass is 9.82. The summed E-state index contributed by atoms with van der Waals surface area (Å²) >= 11 is 0. The molecule has 0 spiro atoms. The Labute approximate surface area is 132 Å². The number of carboxylic acids is 1. The van der Waals surface area contributed by atoms with Crippen LogP contribution in [-0.2, 0) is 14.4 Å². The lowest BCUT2D eigenvalue weighted by molar-refractivity contribution is -0.142. The molecule has 126 valence electrons. The van der Waals surface area contributed by atoms with Crippen LogP contribution in [0.4, 0.5) is 0 Å². The number of amides is 2. The van der Waals surface area contributed by atoms with Crippen molar-refractivity contribution in [2.75, 3.05) is 6.54 Å². The molecule has 1 rings (SSSR count). The molecule has 0 heterocycles. The van der Waals surface area contributed by atoms with E-state index in [9.17, 15) is 14.4 Å². The van der Waals surface area contributed by atoms with E-state index in [2.05, 4.69) is 10.6 Å². The van der Waals surface area contributed by atoms with E-state index in [0.29, 0.717) is 6.42 Å². The van der Waals surface area contributed by atoms with E-state index in [0.717, 1.165) is 32.1 Å². The third-order valence-electron chi connectivity index (χ3n) is 4.47. The lowest BCUT2D eigenvalue weighted by Crippen LogP contribution is -2.48. The molecule has 6 heteroatoms. The smallest absolute Gasteiger partial charge is 0.326 e. The highest BCUT2D eigenvalue weighted by molar-refractivity contribution is 5.89. The van der Waals surface area contributed by atoms with E-state index in [1.54, 1.807) is 0 Å². The zero-order valence-electron chi connectivity index (χ0n) is 13.8. The average molecular weight is 312 g/mol. The first kappa shape index (κ1) is 18.5. The Hall–Kier alpha value is -1.59. The minimum atomic E-state index is -1.05. The zero-order chi connectivity index (χ0) is 16.8. The van der Waals surface area contributed by atoms with Crippen LogP contribution < -0.4 is 10.6 Å². The maximum absolute atomic E-state index is 12.3. The van der Waals surface area contributed by atoms with Gasteiger partial charge in [-0.1, -0.05) is 33.6 Å². The van der Waals surface area contributed by atoms with Gasteiger partial charge in [0.2, 0.25) is 11.8 Å². The molecule has 1 fully saturated rings. The number of hydrogen-bond donors (Lipinski definition) is 3. The van der Waals surface area contributed by atoms with Crippen LogP contribution in [0.15, 0.2) is 0 Å². The maximum atomic E-state index is 12.3. The van der Waals surface area contributed by atoms with Crippen LogP contribution >= 0.6 is 0 Å². The largest absolute Gasteiger partial charge is 0.480 e. The molecule has 1 saturated carbocycles. The van der Waals surface area contributed by atoms with Gasteiger partial charge in [0.15, 0.2) is 0 Å². The summed E-state index contributed by atoms with van der Waals surface area (Å²) in [4.78, 5) is 35.3. The standard InChI is InChI=1S/C16H28N2O4/c1-4-16(7-5-6-8-16)15(22)17-10-13(19)18-12(14(20)21)9-11(2)3/h11-12H,4-10H2,1-3H3,(H,17,22)(H,18,19)(H,20,21)/t12-/m0/s1. The molecule has 6 nitrogen and oxygen atoms in total. The van der Waals surface area contributed by atoms with Crippen molar-refractivity contribution < 1.29 is 19.5 Å². The Morgan fingerprint density at radius 3 is 2.23 bits per heavy atom. The van der Waals surface area contributed by atoms with Gasteiger partial charge in [-0.25, -0.2) is 4.79 Å². The number of carboxylic acid groups (broad SMARTS) is 1. The topological polar surface area (TPSA) is 95.5 Å². The van der Waals surface area contributed by atoms with Gasteiger partial charge in [-0.05, 0) is 31.6 Å². The Morgan fingerprint density at radius 2 is 1.77 bits per heavy atom. The van der Waals surface area contributed by atoms with Crippen LogP contribution in [0, 0.1) is 11.3 Å². The Bertz CT molecular complexity index is 414. The Morgan fingerprint density at radius 1 is 1.18 bits per heavy atom. The highest BCUT2D eigenvalue weighted by Crippen LogP contribution is 2.40. The van der Waals surface area contributed by atoms with Crippen molar-refractivity contribution in [3.63, 3.8) is 0 Å².